The molecule has 0 aliphatic carbocycles. The molecule has 0 bridgehead atoms. The maximum absolute atomic E-state index is 11.4. The fourth-order valence-corrected chi connectivity index (χ4v) is 1.69. The Bertz CT molecular complexity index is 376. The minimum atomic E-state index is -0.562. The van der Waals surface area contributed by atoms with Gasteiger partial charge in [0.1, 0.15) is 0 Å². The van der Waals surface area contributed by atoms with E-state index < -0.39 is 12.1 Å². The molecule has 0 aromatic carbocycles. The lowest BCUT2D eigenvalue weighted by atomic mass is 10.2. The molecular weight excluding hydrogens is 238 g/mol. The quantitative estimate of drug-likeness (QED) is 0.717. The summed E-state index contributed by atoms with van der Waals surface area (Å²) in [5.41, 5.74) is 0.731. The number of hydrogen-bond acceptors (Lipinski definition) is 6. The number of furan rings is 1. The molecule has 0 saturated heterocycles. The molecule has 1 rings (SSSR count). The predicted octanol–water partition coefficient (Wildman–Crippen LogP) is 0.505. The number of methoxy groups -OCH3 is 2. The zero-order valence-electron chi connectivity index (χ0n) is 10.9. The van der Waals surface area contributed by atoms with Crippen LogP contribution in [0.2, 0.25) is 0 Å². The molecule has 1 aromatic rings. The average Bonchev–Trinajstić information content (AvgIpc) is 2.76. The number of carbonyl (C=O) groups excluding carboxylic acids is 1. The standard InChI is InChI=1S/C12H19NO5/c1-13(7-10(14)8-16-2)6-9-4-5-18-11(9)12(15)17-3/h4-5,10,14H,6-8H2,1-3H3. The predicted molar refractivity (Wildman–Crippen MR) is 64.3 cm³/mol. The highest BCUT2D eigenvalue weighted by molar-refractivity contribution is 5.87. The van der Waals surface area contributed by atoms with Crippen molar-refractivity contribution in [2.75, 3.05) is 34.4 Å². The van der Waals surface area contributed by atoms with E-state index in [0.29, 0.717) is 13.1 Å². The summed E-state index contributed by atoms with van der Waals surface area (Å²) in [6.07, 6.45) is 0.884. The number of likely N-dealkylation sites (N-methyl/N-ethyl adjacent to an activating group) is 1. The van der Waals surface area contributed by atoms with Crippen molar-refractivity contribution in [3.05, 3.63) is 23.7 Å². The first-order chi connectivity index (χ1) is 8.58. The molecule has 1 N–H and O–H groups in total. The molecule has 1 aromatic heterocycles. The van der Waals surface area contributed by atoms with E-state index in [0.717, 1.165) is 5.56 Å². The van der Waals surface area contributed by atoms with Gasteiger partial charge in [0.15, 0.2) is 0 Å². The second-order valence-corrected chi connectivity index (χ2v) is 4.07. The van der Waals surface area contributed by atoms with Crippen LogP contribution in [-0.2, 0) is 16.0 Å². The zero-order chi connectivity index (χ0) is 13.5. The number of nitrogens with zero attached hydrogens (tertiary/aromatic N) is 1. The molecule has 0 spiro atoms. The molecule has 0 fully saturated rings. The highest BCUT2D eigenvalue weighted by Crippen LogP contribution is 2.14. The Labute approximate surface area is 106 Å². The Morgan fingerprint density at radius 1 is 1.56 bits per heavy atom. The van der Waals surface area contributed by atoms with Gasteiger partial charge in [-0.25, -0.2) is 4.79 Å². The first kappa shape index (κ1) is 14.7. The molecule has 1 atom stereocenters. The number of aliphatic hydroxyl groups excluding tert-OH is 1. The maximum atomic E-state index is 11.4. The van der Waals surface area contributed by atoms with E-state index in [2.05, 4.69) is 4.74 Å². The van der Waals surface area contributed by atoms with Crippen molar-refractivity contribution in [1.29, 1.82) is 0 Å². The number of ether oxygens (including phenoxy) is 2. The van der Waals surface area contributed by atoms with E-state index in [-0.39, 0.29) is 12.4 Å². The lowest BCUT2D eigenvalue weighted by Crippen LogP contribution is -2.31. The summed E-state index contributed by atoms with van der Waals surface area (Å²) in [7, 11) is 4.68. The van der Waals surface area contributed by atoms with Gasteiger partial charge in [0, 0.05) is 25.8 Å². The SMILES string of the molecule is COCC(O)CN(C)Cc1ccoc1C(=O)OC. The Balaban J connectivity index is 2.56. The van der Waals surface area contributed by atoms with E-state index in [1.165, 1.54) is 20.5 Å². The lowest BCUT2D eigenvalue weighted by Gasteiger charge is -2.19. The largest absolute Gasteiger partial charge is 0.463 e. The van der Waals surface area contributed by atoms with Crippen LogP contribution < -0.4 is 0 Å². The number of esters is 1. The Hall–Kier alpha value is -1.37. The first-order valence-electron chi connectivity index (χ1n) is 5.58. The molecule has 0 radical (unpaired) electrons. The van der Waals surface area contributed by atoms with Crippen LogP contribution >= 0.6 is 0 Å². The molecule has 1 heterocycles. The highest BCUT2D eigenvalue weighted by atomic mass is 16.5. The Morgan fingerprint density at radius 2 is 2.28 bits per heavy atom. The van der Waals surface area contributed by atoms with Crippen LogP contribution in [0, 0.1) is 0 Å². The molecule has 0 aliphatic rings. The zero-order valence-corrected chi connectivity index (χ0v) is 10.9. The van der Waals surface area contributed by atoms with Gasteiger partial charge in [-0.15, -0.1) is 0 Å². The summed E-state index contributed by atoms with van der Waals surface area (Å²) in [6, 6.07) is 1.71. The summed E-state index contributed by atoms with van der Waals surface area (Å²) >= 11 is 0. The topological polar surface area (TPSA) is 72.1 Å². The van der Waals surface area contributed by atoms with Crippen LogP contribution in [0.3, 0.4) is 0 Å². The van der Waals surface area contributed by atoms with Crippen LogP contribution in [-0.4, -0.2) is 56.5 Å². The van der Waals surface area contributed by atoms with Gasteiger partial charge in [-0.3, -0.25) is 4.90 Å². The summed E-state index contributed by atoms with van der Waals surface area (Å²) in [5, 5.41) is 9.59. The molecule has 1 unspecified atom stereocenters. The van der Waals surface area contributed by atoms with Gasteiger partial charge in [-0.2, -0.15) is 0 Å². The van der Waals surface area contributed by atoms with Crippen molar-refractivity contribution in [1.82, 2.24) is 4.90 Å². The third kappa shape index (κ3) is 4.14. The second kappa shape index (κ2) is 7.15. The van der Waals surface area contributed by atoms with Gasteiger partial charge in [-0.05, 0) is 13.1 Å². The van der Waals surface area contributed by atoms with Gasteiger partial charge in [0.2, 0.25) is 5.76 Å². The van der Waals surface area contributed by atoms with Crippen molar-refractivity contribution < 1.29 is 23.8 Å². The average molecular weight is 257 g/mol. The number of rotatable bonds is 7. The highest BCUT2D eigenvalue weighted by Gasteiger charge is 2.17. The summed E-state index contributed by atoms with van der Waals surface area (Å²) in [5.74, 6) is -0.300. The molecular formula is C12H19NO5. The van der Waals surface area contributed by atoms with Gasteiger partial charge in [-0.1, -0.05) is 0 Å². The van der Waals surface area contributed by atoms with E-state index in [4.69, 9.17) is 9.15 Å². The number of carbonyl (C=O) groups is 1. The van der Waals surface area contributed by atoms with Crippen molar-refractivity contribution >= 4 is 5.97 Å². The third-order valence-electron chi connectivity index (χ3n) is 2.44. The van der Waals surface area contributed by atoms with E-state index in [1.807, 2.05) is 11.9 Å². The monoisotopic (exact) mass is 257 g/mol. The molecule has 18 heavy (non-hydrogen) atoms. The lowest BCUT2D eigenvalue weighted by molar-refractivity contribution is 0.0415. The normalized spacial score (nSPS) is 12.7. The van der Waals surface area contributed by atoms with E-state index in [9.17, 15) is 9.90 Å². The maximum Gasteiger partial charge on any atom is 0.374 e. The molecule has 6 nitrogen and oxygen atoms in total. The summed E-state index contributed by atoms with van der Waals surface area (Å²) < 4.78 is 14.5. The molecule has 102 valence electrons. The van der Waals surface area contributed by atoms with Crippen molar-refractivity contribution in [3.63, 3.8) is 0 Å². The summed E-state index contributed by atoms with van der Waals surface area (Å²) in [6.45, 7) is 1.21. The van der Waals surface area contributed by atoms with Crippen LogP contribution in [0.15, 0.2) is 16.7 Å². The van der Waals surface area contributed by atoms with Crippen LogP contribution in [0.5, 0.6) is 0 Å². The van der Waals surface area contributed by atoms with Crippen molar-refractivity contribution in [2.45, 2.75) is 12.6 Å². The van der Waals surface area contributed by atoms with Gasteiger partial charge in [0.05, 0.1) is 26.1 Å². The Morgan fingerprint density at radius 3 is 2.89 bits per heavy atom. The smallest absolute Gasteiger partial charge is 0.374 e. The van der Waals surface area contributed by atoms with Crippen molar-refractivity contribution in [3.8, 4) is 0 Å². The van der Waals surface area contributed by atoms with Crippen LogP contribution in [0.4, 0.5) is 0 Å². The second-order valence-electron chi connectivity index (χ2n) is 4.07. The third-order valence-corrected chi connectivity index (χ3v) is 2.44. The molecule has 6 heteroatoms. The minimum Gasteiger partial charge on any atom is -0.463 e. The molecule has 0 amide bonds. The van der Waals surface area contributed by atoms with E-state index in [1.54, 1.807) is 6.07 Å². The van der Waals surface area contributed by atoms with Crippen molar-refractivity contribution in [2.24, 2.45) is 0 Å². The van der Waals surface area contributed by atoms with E-state index >= 15 is 0 Å². The molecule has 0 saturated carbocycles. The van der Waals surface area contributed by atoms with Gasteiger partial charge in [0.25, 0.3) is 0 Å². The fraction of sp³-hybridized carbons (Fsp3) is 0.583. The van der Waals surface area contributed by atoms with Gasteiger partial charge < -0.3 is 19.0 Å². The molecule has 0 aliphatic heterocycles. The van der Waals surface area contributed by atoms with Gasteiger partial charge >= 0.3 is 5.97 Å². The number of hydrogen-bond donors (Lipinski definition) is 1. The Kier molecular flexibility index (Phi) is 5.84. The summed E-state index contributed by atoms with van der Waals surface area (Å²) in [4.78, 5) is 13.3. The van der Waals surface area contributed by atoms with Crippen LogP contribution in [0.1, 0.15) is 16.1 Å². The number of aliphatic hydroxyl groups is 1. The fourth-order valence-electron chi connectivity index (χ4n) is 1.69. The first-order valence-corrected chi connectivity index (χ1v) is 5.58. The van der Waals surface area contributed by atoms with Crippen LogP contribution in [0.25, 0.3) is 0 Å². The minimum absolute atomic E-state index is 0.200.